The van der Waals surface area contributed by atoms with Gasteiger partial charge in [-0.25, -0.2) is 13.8 Å². The number of nitrogens with two attached hydrogens (primary N) is 3. The average Bonchev–Trinajstić information content (AvgIpc) is 3.23. The smallest absolute Gasteiger partial charge is 0.382 e. The van der Waals surface area contributed by atoms with E-state index in [2.05, 4.69) is 37.6 Å². The Morgan fingerprint density at radius 2 is 1.85 bits per heavy atom. The Morgan fingerprint density at radius 1 is 1.04 bits per heavy atom. The van der Waals surface area contributed by atoms with Crippen LogP contribution in [0.25, 0.3) is 0 Å². The molecule has 0 saturated heterocycles. The number of rotatable bonds is 13. The number of hydrogen-bond donors (Lipinski definition) is 3. The van der Waals surface area contributed by atoms with Gasteiger partial charge in [0.2, 0.25) is 0 Å². The van der Waals surface area contributed by atoms with Crippen molar-refractivity contribution in [3.05, 3.63) is 18.6 Å². The van der Waals surface area contributed by atoms with E-state index < -0.39 is 0 Å². The van der Waals surface area contributed by atoms with Crippen molar-refractivity contribution in [2.45, 2.75) is 65.1 Å². The number of unbranched alkanes of at least 4 members (excludes halogenated alkanes) is 3. The molecule has 9 heteroatoms. The molecule has 0 saturated carbocycles. The van der Waals surface area contributed by atoms with Crippen LogP contribution in [0, 0.1) is 0 Å². The fourth-order valence-corrected chi connectivity index (χ4v) is 2.87. The molecule has 2 rings (SSSR count). The van der Waals surface area contributed by atoms with Crippen molar-refractivity contribution < 1.29 is 4.57 Å². The van der Waals surface area contributed by atoms with Crippen LogP contribution in [0.2, 0.25) is 0 Å². The fourth-order valence-electron chi connectivity index (χ4n) is 2.87. The van der Waals surface area contributed by atoms with Gasteiger partial charge in [-0.1, -0.05) is 31.3 Å². The summed E-state index contributed by atoms with van der Waals surface area (Å²) in [7, 11) is 0. The van der Waals surface area contributed by atoms with Crippen molar-refractivity contribution in [2.75, 3.05) is 18.8 Å². The average molecular weight is 377 g/mol. The number of nitrogen functional groups attached to an aromatic ring is 1. The van der Waals surface area contributed by atoms with E-state index in [0.717, 1.165) is 38.3 Å². The highest BCUT2D eigenvalue weighted by Crippen LogP contribution is 2.23. The highest BCUT2D eigenvalue weighted by molar-refractivity contribution is 5.56. The molecule has 0 amide bonds. The van der Waals surface area contributed by atoms with Crippen LogP contribution in [0.4, 0.5) is 17.5 Å². The lowest BCUT2D eigenvalue weighted by atomic mass is 10.2. The molecule has 0 atom stereocenters. The molecule has 0 aliphatic rings. The molecule has 6 N–H and O–H groups in total. The van der Waals surface area contributed by atoms with E-state index in [9.17, 15) is 0 Å². The van der Waals surface area contributed by atoms with Gasteiger partial charge in [0.1, 0.15) is 0 Å². The van der Waals surface area contributed by atoms with E-state index >= 15 is 0 Å². The molecule has 0 radical (unpaired) electrons. The summed E-state index contributed by atoms with van der Waals surface area (Å²) in [6, 6.07) is 0. The van der Waals surface area contributed by atoms with E-state index in [1.807, 2.05) is 6.20 Å². The zero-order valence-electron chi connectivity index (χ0n) is 16.4. The minimum Gasteiger partial charge on any atom is -0.382 e. The normalized spacial score (nSPS) is 11.7. The predicted molar refractivity (Wildman–Crippen MR) is 107 cm³/mol. The fraction of sp³-hybridized carbons (Fsp3) is 0.667. The number of aryl methyl sites for hydroxylation is 3. The van der Waals surface area contributed by atoms with Crippen LogP contribution >= 0.6 is 0 Å². The number of anilines is 1. The van der Waals surface area contributed by atoms with Crippen molar-refractivity contribution in [1.29, 1.82) is 0 Å². The summed E-state index contributed by atoms with van der Waals surface area (Å²) in [6.45, 7) is 5.89. The first-order chi connectivity index (χ1) is 13.2. The summed E-state index contributed by atoms with van der Waals surface area (Å²) in [5, 5.41) is 13.1. The van der Waals surface area contributed by atoms with Gasteiger partial charge in [-0.3, -0.25) is 0 Å². The van der Waals surface area contributed by atoms with Gasteiger partial charge in [-0.05, 0) is 32.4 Å². The van der Waals surface area contributed by atoms with Gasteiger partial charge in [0.25, 0.3) is 0 Å². The molecule has 0 fully saturated rings. The number of hydrogen-bond acceptors (Lipinski definition) is 6. The van der Waals surface area contributed by atoms with Gasteiger partial charge >= 0.3 is 5.95 Å². The predicted octanol–water partition coefficient (Wildman–Crippen LogP) is 2.25. The molecule has 2 heterocycles. The van der Waals surface area contributed by atoms with E-state index in [-0.39, 0.29) is 0 Å². The molecule has 0 bridgehead atoms. The minimum absolute atomic E-state index is 0.516. The summed E-state index contributed by atoms with van der Waals surface area (Å²) in [4.78, 5) is 0. The first kappa shape index (κ1) is 21.0. The van der Waals surface area contributed by atoms with Gasteiger partial charge in [0.05, 0.1) is 31.7 Å². The summed E-state index contributed by atoms with van der Waals surface area (Å²) in [6.07, 6.45) is 12.3. The molecule has 0 aliphatic carbocycles. The molecule has 9 nitrogen and oxygen atoms in total. The standard InChI is InChI=1S/C18H33N9/c1-2-3-4-5-10-25-13-14-26(11-6-8-19)18(25)24-23-16-15-22-27(17(16)21)12-7-9-20/h13-15,21H,2-12,19-20H2,1H3/p+1. The Kier molecular flexibility index (Phi) is 8.93. The van der Waals surface area contributed by atoms with Crippen molar-refractivity contribution in [3.8, 4) is 0 Å². The van der Waals surface area contributed by atoms with Gasteiger partial charge in [0.15, 0.2) is 11.5 Å². The van der Waals surface area contributed by atoms with Gasteiger partial charge < -0.3 is 17.2 Å². The molecule has 0 unspecified atom stereocenters. The molecular weight excluding hydrogens is 342 g/mol. The largest absolute Gasteiger partial charge is 0.421 e. The Labute approximate surface area is 161 Å². The van der Waals surface area contributed by atoms with Crippen molar-refractivity contribution >= 4 is 17.5 Å². The number of azo groups is 1. The Bertz CT molecular complexity index is 702. The quantitative estimate of drug-likeness (QED) is 0.281. The summed E-state index contributed by atoms with van der Waals surface area (Å²) < 4.78 is 5.95. The van der Waals surface area contributed by atoms with Crippen molar-refractivity contribution in [3.63, 3.8) is 0 Å². The topological polar surface area (TPSA) is 129 Å². The summed E-state index contributed by atoms with van der Waals surface area (Å²) in [5.41, 5.74) is 17.9. The Hall–Kier alpha value is -2.26. The Morgan fingerprint density at radius 3 is 2.59 bits per heavy atom. The number of nitrogens with zero attached hydrogens (tertiary/aromatic N) is 6. The van der Waals surface area contributed by atoms with Gasteiger partial charge in [-0.2, -0.15) is 5.10 Å². The summed E-state index contributed by atoms with van der Waals surface area (Å²) >= 11 is 0. The number of imidazole rings is 1. The van der Waals surface area contributed by atoms with Crippen LogP contribution in [0.5, 0.6) is 0 Å². The maximum absolute atomic E-state index is 6.13. The molecule has 0 aliphatic heterocycles. The first-order valence-corrected chi connectivity index (χ1v) is 9.93. The SMILES string of the molecule is CCCCCCn1cc[n+](CCCN)c1N=Nc1cnn(CCCN)c1N. The third-order valence-electron chi connectivity index (χ3n) is 4.48. The Balaban J connectivity index is 2.15. The lowest BCUT2D eigenvalue weighted by Gasteiger charge is -2.02. The third-order valence-corrected chi connectivity index (χ3v) is 4.48. The van der Waals surface area contributed by atoms with Gasteiger partial charge in [-0.15, -0.1) is 0 Å². The van der Waals surface area contributed by atoms with E-state index in [0.29, 0.717) is 31.1 Å². The van der Waals surface area contributed by atoms with Crippen LogP contribution in [-0.4, -0.2) is 27.4 Å². The maximum Gasteiger partial charge on any atom is 0.421 e. The molecule has 0 aromatic carbocycles. The third kappa shape index (κ3) is 6.14. The van der Waals surface area contributed by atoms with Crippen LogP contribution in [0.3, 0.4) is 0 Å². The number of aromatic nitrogens is 4. The van der Waals surface area contributed by atoms with Crippen LogP contribution < -0.4 is 21.8 Å². The molecule has 2 aromatic heterocycles. The van der Waals surface area contributed by atoms with Crippen LogP contribution in [0.15, 0.2) is 28.8 Å². The lowest BCUT2D eigenvalue weighted by Crippen LogP contribution is -2.33. The lowest BCUT2D eigenvalue weighted by molar-refractivity contribution is -0.683. The van der Waals surface area contributed by atoms with E-state index in [1.165, 1.54) is 19.3 Å². The van der Waals surface area contributed by atoms with Crippen LogP contribution in [0.1, 0.15) is 45.4 Å². The van der Waals surface area contributed by atoms with Crippen molar-refractivity contribution in [1.82, 2.24) is 14.3 Å². The maximum atomic E-state index is 6.13. The van der Waals surface area contributed by atoms with Gasteiger partial charge in [0, 0.05) is 11.7 Å². The molecule has 27 heavy (non-hydrogen) atoms. The first-order valence-electron chi connectivity index (χ1n) is 9.93. The minimum atomic E-state index is 0.516. The zero-order chi connectivity index (χ0) is 19.5. The monoisotopic (exact) mass is 376 g/mol. The molecular formula is C18H34N9+. The molecule has 0 spiro atoms. The van der Waals surface area contributed by atoms with Crippen LogP contribution in [-0.2, 0) is 19.6 Å². The second-order valence-electron chi connectivity index (χ2n) is 6.67. The second kappa shape index (κ2) is 11.5. The molecule has 150 valence electrons. The zero-order valence-corrected chi connectivity index (χ0v) is 16.4. The second-order valence-corrected chi connectivity index (χ2v) is 6.67. The molecule has 2 aromatic rings. The van der Waals surface area contributed by atoms with E-state index in [4.69, 9.17) is 17.2 Å². The van der Waals surface area contributed by atoms with E-state index in [1.54, 1.807) is 10.9 Å². The van der Waals surface area contributed by atoms with Crippen molar-refractivity contribution in [2.24, 2.45) is 21.7 Å². The summed E-state index contributed by atoms with van der Waals surface area (Å²) in [5.74, 6) is 1.33. The highest BCUT2D eigenvalue weighted by atomic mass is 15.3. The highest BCUT2D eigenvalue weighted by Gasteiger charge is 2.17.